The van der Waals surface area contributed by atoms with Crippen LogP contribution in [-0.2, 0) is 4.79 Å². The van der Waals surface area contributed by atoms with Gasteiger partial charge in [0.25, 0.3) is 0 Å². The lowest BCUT2D eigenvalue weighted by Crippen LogP contribution is -2.32. The highest BCUT2D eigenvalue weighted by Gasteiger charge is 2.36. The Kier molecular flexibility index (Phi) is 4.14. The van der Waals surface area contributed by atoms with Crippen molar-refractivity contribution in [2.75, 3.05) is 0 Å². The number of hydrogen-bond donors (Lipinski definition) is 1. The maximum absolute atomic E-state index is 11.5. The molecule has 3 atom stereocenters. The number of carbonyl (C=O) groups is 1. The Labute approximate surface area is 127 Å². The van der Waals surface area contributed by atoms with Gasteiger partial charge in [0.2, 0.25) is 0 Å². The van der Waals surface area contributed by atoms with Crippen LogP contribution in [0.15, 0.2) is 29.6 Å². The minimum atomic E-state index is -0.684. The molecule has 5 nitrogen and oxygen atoms in total. The average molecular weight is 305 g/mol. The van der Waals surface area contributed by atoms with Crippen molar-refractivity contribution in [2.45, 2.75) is 43.0 Å². The van der Waals surface area contributed by atoms with Gasteiger partial charge in [-0.05, 0) is 37.3 Å². The minimum Gasteiger partial charge on any atom is -0.481 e. The van der Waals surface area contributed by atoms with E-state index in [0.717, 1.165) is 36.5 Å². The van der Waals surface area contributed by atoms with Gasteiger partial charge in [0.1, 0.15) is 0 Å². The normalized spacial score (nSPS) is 26.0. The second kappa shape index (κ2) is 6.05. The summed E-state index contributed by atoms with van der Waals surface area (Å²) in [5.74, 6) is -0.345. The maximum Gasteiger partial charge on any atom is 0.307 e. The fourth-order valence-electron chi connectivity index (χ4n) is 3.03. The average Bonchev–Trinajstić information content (AvgIpc) is 2.90. The van der Waals surface area contributed by atoms with Crippen LogP contribution in [-0.4, -0.2) is 30.9 Å². The van der Waals surface area contributed by atoms with Gasteiger partial charge in [-0.2, -0.15) is 0 Å². The summed E-state index contributed by atoms with van der Waals surface area (Å²) in [6.45, 7) is 2.18. The largest absolute Gasteiger partial charge is 0.481 e. The van der Waals surface area contributed by atoms with E-state index in [1.807, 2.05) is 28.8 Å². The quantitative estimate of drug-likeness (QED) is 0.940. The summed E-state index contributed by atoms with van der Waals surface area (Å²) in [5, 5.41) is 18.7. The molecule has 1 N–H and O–H groups in total. The Bertz CT molecular complexity index is 643. The Morgan fingerprint density at radius 1 is 1.43 bits per heavy atom. The van der Waals surface area contributed by atoms with E-state index in [-0.39, 0.29) is 11.2 Å². The standard InChI is InChI=1S/C15H19N3O2S/c1-2-10-6-7-11(14(19)20)12(9-10)21-15-17-16-13-5-3-4-8-18(13)15/h3-5,8,10-12H,2,6-7,9H2,1H3,(H,19,20). The summed E-state index contributed by atoms with van der Waals surface area (Å²) in [7, 11) is 0. The number of thioether (sulfide) groups is 1. The first-order chi connectivity index (χ1) is 10.2. The van der Waals surface area contributed by atoms with Gasteiger partial charge < -0.3 is 5.11 Å². The summed E-state index contributed by atoms with van der Waals surface area (Å²) in [4.78, 5) is 11.5. The van der Waals surface area contributed by atoms with E-state index in [1.165, 1.54) is 0 Å². The van der Waals surface area contributed by atoms with Gasteiger partial charge in [-0.3, -0.25) is 9.20 Å². The van der Waals surface area contributed by atoms with Crippen molar-refractivity contribution < 1.29 is 9.90 Å². The third kappa shape index (κ3) is 2.90. The zero-order chi connectivity index (χ0) is 14.8. The van der Waals surface area contributed by atoms with E-state index < -0.39 is 5.97 Å². The monoisotopic (exact) mass is 305 g/mol. The number of rotatable bonds is 4. The molecule has 0 saturated heterocycles. The second-order valence-electron chi connectivity index (χ2n) is 5.60. The van der Waals surface area contributed by atoms with Gasteiger partial charge >= 0.3 is 5.97 Å². The van der Waals surface area contributed by atoms with Crippen LogP contribution in [0.5, 0.6) is 0 Å². The Hall–Kier alpha value is -1.56. The van der Waals surface area contributed by atoms with E-state index >= 15 is 0 Å². The molecule has 2 aromatic rings. The molecule has 0 aromatic carbocycles. The Morgan fingerprint density at radius 2 is 2.29 bits per heavy atom. The van der Waals surface area contributed by atoms with Crippen molar-refractivity contribution in [3.63, 3.8) is 0 Å². The molecule has 21 heavy (non-hydrogen) atoms. The predicted molar refractivity (Wildman–Crippen MR) is 81.4 cm³/mol. The van der Waals surface area contributed by atoms with Crippen LogP contribution in [0.25, 0.3) is 5.65 Å². The molecule has 0 amide bonds. The van der Waals surface area contributed by atoms with Gasteiger partial charge in [0, 0.05) is 11.4 Å². The van der Waals surface area contributed by atoms with Crippen molar-refractivity contribution in [1.29, 1.82) is 0 Å². The van der Waals surface area contributed by atoms with Crippen LogP contribution in [0.4, 0.5) is 0 Å². The number of aromatic nitrogens is 3. The lowest BCUT2D eigenvalue weighted by molar-refractivity contribution is -0.142. The lowest BCUT2D eigenvalue weighted by atomic mass is 9.80. The van der Waals surface area contributed by atoms with E-state index in [9.17, 15) is 9.90 Å². The van der Waals surface area contributed by atoms with Gasteiger partial charge in [0.05, 0.1) is 5.92 Å². The van der Waals surface area contributed by atoms with Gasteiger partial charge in [-0.25, -0.2) is 0 Å². The zero-order valence-electron chi connectivity index (χ0n) is 12.0. The SMILES string of the molecule is CCC1CCC(C(=O)O)C(Sc2nnc3ccccn23)C1. The first kappa shape index (κ1) is 14.4. The topological polar surface area (TPSA) is 67.5 Å². The van der Waals surface area contributed by atoms with Crippen molar-refractivity contribution in [3.05, 3.63) is 24.4 Å². The molecule has 3 rings (SSSR count). The number of carboxylic acids is 1. The van der Waals surface area contributed by atoms with Crippen molar-refractivity contribution in [2.24, 2.45) is 11.8 Å². The summed E-state index contributed by atoms with van der Waals surface area (Å²) >= 11 is 1.56. The molecule has 112 valence electrons. The first-order valence-electron chi connectivity index (χ1n) is 7.38. The zero-order valence-corrected chi connectivity index (χ0v) is 12.8. The first-order valence-corrected chi connectivity index (χ1v) is 8.26. The number of pyridine rings is 1. The van der Waals surface area contributed by atoms with Crippen molar-refractivity contribution in [3.8, 4) is 0 Å². The molecule has 1 aliphatic carbocycles. The van der Waals surface area contributed by atoms with E-state index in [2.05, 4.69) is 17.1 Å². The number of aliphatic carboxylic acids is 1. The molecular weight excluding hydrogens is 286 g/mol. The second-order valence-corrected chi connectivity index (χ2v) is 6.81. The molecule has 1 saturated carbocycles. The number of hydrogen-bond acceptors (Lipinski definition) is 4. The van der Waals surface area contributed by atoms with Gasteiger partial charge in [-0.1, -0.05) is 31.2 Å². The fourth-order valence-corrected chi connectivity index (χ4v) is 4.44. The van der Waals surface area contributed by atoms with Crippen LogP contribution in [0.3, 0.4) is 0 Å². The van der Waals surface area contributed by atoms with Crippen LogP contribution in [0.2, 0.25) is 0 Å². The molecule has 0 bridgehead atoms. The molecule has 3 unspecified atom stereocenters. The molecule has 6 heteroatoms. The van der Waals surface area contributed by atoms with E-state index in [4.69, 9.17) is 0 Å². The molecule has 1 fully saturated rings. The molecule has 0 spiro atoms. The van der Waals surface area contributed by atoms with Crippen LogP contribution >= 0.6 is 11.8 Å². The minimum absolute atomic E-state index is 0.0776. The Balaban J connectivity index is 1.84. The summed E-state index contributed by atoms with van der Waals surface area (Å²) in [6, 6.07) is 5.76. The van der Waals surface area contributed by atoms with Crippen LogP contribution in [0.1, 0.15) is 32.6 Å². The fraction of sp³-hybridized carbons (Fsp3) is 0.533. The third-order valence-corrected chi connectivity index (χ3v) is 5.65. The summed E-state index contributed by atoms with van der Waals surface area (Å²) in [5.41, 5.74) is 0.801. The smallest absolute Gasteiger partial charge is 0.307 e. The van der Waals surface area contributed by atoms with Gasteiger partial charge in [0.15, 0.2) is 10.8 Å². The predicted octanol–water partition coefficient (Wildman–Crippen LogP) is 3.10. The molecule has 0 radical (unpaired) electrons. The highest BCUT2D eigenvalue weighted by Crippen LogP contribution is 2.40. The maximum atomic E-state index is 11.5. The van der Waals surface area contributed by atoms with Crippen molar-refractivity contribution >= 4 is 23.4 Å². The summed E-state index contributed by atoms with van der Waals surface area (Å²) < 4.78 is 1.93. The van der Waals surface area contributed by atoms with E-state index in [1.54, 1.807) is 11.8 Å². The lowest BCUT2D eigenvalue weighted by Gasteiger charge is -2.32. The highest BCUT2D eigenvalue weighted by atomic mass is 32.2. The molecule has 1 aliphatic rings. The number of fused-ring (bicyclic) bond motifs is 1. The van der Waals surface area contributed by atoms with E-state index in [0.29, 0.717) is 5.92 Å². The third-order valence-electron chi connectivity index (χ3n) is 4.33. The molecular formula is C15H19N3O2S. The van der Waals surface area contributed by atoms with Crippen LogP contribution < -0.4 is 0 Å². The number of carboxylic acid groups (broad SMARTS) is 1. The number of nitrogens with zero attached hydrogens (tertiary/aromatic N) is 3. The summed E-state index contributed by atoms with van der Waals surface area (Å²) in [6.07, 6.45) is 5.77. The van der Waals surface area contributed by atoms with Gasteiger partial charge in [-0.15, -0.1) is 10.2 Å². The molecule has 0 aliphatic heterocycles. The van der Waals surface area contributed by atoms with Crippen molar-refractivity contribution in [1.82, 2.24) is 14.6 Å². The highest BCUT2D eigenvalue weighted by molar-refractivity contribution is 7.99. The Morgan fingerprint density at radius 3 is 3.05 bits per heavy atom. The molecule has 2 heterocycles. The van der Waals surface area contributed by atoms with Crippen LogP contribution in [0, 0.1) is 11.8 Å². The molecule has 2 aromatic heterocycles.